The van der Waals surface area contributed by atoms with Gasteiger partial charge in [-0.3, -0.25) is 4.79 Å². The van der Waals surface area contributed by atoms with E-state index in [9.17, 15) is 4.79 Å². The quantitative estimate of drug-likeness (QED) is 0.874. The summed E-state index contributed by atoms with van der Waals surface area (Å²) in [4.78, 5) is 14.8. The van der Waals surface area contributed by atoms with Crippen molar-refractivity contribution in [2.45, 2.75) is 12.8 Å². The van der Waals surface area contributed by atoms with Gasteiger partial charge < -0.3 is 10.4 Å². The third kappa shape index (κ3) is 3.79. The van der Waals surface area contributed by atoms with Crippen LogP contribution in [0.5, 0.6) is 0 Å². The molecule has 0 aliphatic carbocycles. The lowest BCUT2D eigenvalue weighted by atomic mass is 10.2. The van der Waals surface area contributed by atoms with E-state index < -0.39 is 5.97 Å². The monoisotopic (exact) mass is 273 g/mol. The largest absolute Gasteiger partial charge is 0.481 e. The number of benzene rings is 1. The molecule has 1 aromatic heterocycles. The van der Waals surface area contributed by atoms with Gasteiger partial charge in [0.2, 0.25) is 0 Å². The van der Waals surface area contributed by atoms with Crippen LogP contribution in [-0.4, -0.2) is 16.1 Å². The van der Waals surface area contributed by atoms with Gasteiger partial charge in [-0.15, -0.1) is 11.3 Å². The van der Waals surface area contributed by atoms with Crippen LogP contribution in [-0.2, 0) is 11.2 Å². The molecule has 0 bridgehead atoms. The lowest BCUT2D eigenvalue weighted by molar-refractivity contribution is -0.136. The Kier molecular flexibility index (Phi) is 4.11. The Labute approximate surface area is 114 Å². The molecule has 6 heteroatoms. The zero-order valence-electron chi connectivity index (χ0n) is 9.96. The predicted molar refractivity (Wildman–Crippen MR) is 72.5 cm³/mol. The first-order chi connectivity index (χ1) is 9.17. The van der Waals surface area contributed by atoms with E-state index in [-0.39, 0.29) is 6.42 Å². The number of hydrogen-bond acceptors (Lipinski definition) is 5. The summed E-state index contributed by atoms with van der Waals surface area (Å²) < 4.78 is 0. The van der Waals surface area contributed by atoms with Crippen LogP contribution in [0.15, 0.2) is 29.6 Å². The van der Waals surface area contributed by atoms with Crippen LogP contribution >= 0.6 is 11.3 Å². The second-order valence-corrected chi connectivity index (χ2v) is 4.71. The predicted octanol–water partition coefficient (Wildman–Crippen LogP) is 2.78. The van der Waals surface area contributed by atoms with E-state index in [1.54, 1.807) is 24.3 Å². The molecular weight excluding hydrogens is 262 g/mol. The number of anilines is 2. The van der Waals surface area contributed by atoms with Crippen molar-refractivity contribution in [3.8, 4) is 6.07 Å². The minimum atomic E-state index is -0.824. The molecule has 1 heterocycles. The van der Waals surface area contributed by atoms with Crippen molar-refractivity contribution in [2.75, 3.05) is 5.32 Å². The van der Waals surface area contributed by atoms with Gasteiger partial charge in [-0.05, 0) is 24.3 Å². The summed E-state index contributed by atoms with van der Waals surface area (Å²) in [6.45, 7) is 0. The molecule has 0 aliphatic heterocycles. The maximum atomic E-state index is 10.5. The molecule has 0 saturated carbocycles. The summed E-state index contributed by atoms with van der Waals surface area (Å²) in [5.41, 5.74) is 2.22. The van der Waals surface area contributed by atoms with Crippen LogP contribution in [0.2, 0.25) is 0 Å². The van der Waals surface area contributed by atoms with Crippen molar-refractivity contribution in [2.24, 2.45) is 0 Å². The number of carbonyl (C=O) groups is 1. The first-order valence-corrected chi connectivity index (χ1v) is 6.49. The average Bonchev–Trinajstić information content (AvgIpc) is 2.85. The van der Waals surface area contributed by atoms with Gasteiger partial charge in [0.15, 0.2) is 5.13 Å². The smallest absolute Gasteiger partial charge is 0.303 e. The summed E-state index contributed by atoms with van der Waals surface area (Å²) in [7, 11) is 0. The van der Waals surface area contributed by atoms with E-state index in [2.05, 4.69) is 16.4 Å². The van der Waals surface area contributed by atoms with Crippen LogP contribution in [0, 0.1) is 11.3 Å². The normalized spacial score (nSPS) is 9.84. The number of rotatable bonds is 5. The van der Waals surface area contributed by atoms with Crippen LogP contribution in [0.25, 0.3) is 0 Å². The lowest BCUT2D eigenvalue weighted by Gasteiger charge is -2.01. The first kappa shape index (κ1) is 13.1. The molecule has 0 spiro atoms. The second kappa shape index (κ2) is 5.98. The third-order valence-corrected chi connectivity index (χ3v) is 3.22. The highest BCUT2D eigenvalue weighted by molar-refractivity contribution is 7.13. The number of aliphatic carboxylic acids is 1. The third-order valence-electron chi connectivity index (χ3n) is 2.41. The van der Waals surface area contributed by atoms with Crippen LogP contribution in [0.4, 0.5) is 10.8 Å². The minimum absolute atomic E-state index is 0.0834. The molecule has 1 aromatic carbocycles. The zero-order chi connectivity index (χ0) is 13.7. The molecule has 2 rings (SSSR count). The Morgan fingerprint density at radius 2 is 2.16 bits per heavy atom. The molecule has 5 nitrogen and oxygen atoms in total. The van der Waals surface area contributed by atoms with E-state index in [1.807, 2.05) is 5.38 Å². The standard InChI is InChI=1S/C13H11N3O2S/c14-7-9-1-3-10(4-2-9)15-13-16-11(8-19-13)5-6-12(17)18/h1-4,8H,5-6H2,(H,15,16)(H,17,18). The van der Waals surface area contributed by atoms with Crippen LogP contribution < -0.4 is 5.32 Å². The second-order valence-electron chi connectivity index (χ2n) is 3.85. The van der Waals surface area contributed by atoms with Crippen molar-refractivity contribution in [3.63, 3.8) is 0 Å². The first-order valence-electron chi connectivity index (χ1n) is 5.61. The Morgan fingerprint density at radius 3 is 2.79 bits per heavy atom. The Hall–Kier alpha value is -2.39. The fourth-order valence-corrected chi connectivity index (χ4v) is 2.23. The molecule has 0 aliphatic rings. The number of carboxylic acid groups (broad SMARTS) is 1. The maximum absolute atomic E-state index is 10.5. The van der Waals surface area contributed by atoms with Crippen molar-refractivity contribution in [3.05, 3.63) is 40.9 Å². The molecule has 0 atom stereocenters. The van der Waals surface area contributed by atoms with Gasteiger partial charge >= 0.3 is 5.97 Å². The van der Waals surface area contributed by atoms with Crippen molar-refractivity contribution >= 4 is 28.1 Å². The van der Waals surface area contributed by atoms with Gasteiger partial charge in [0.1, 0.15) is 0 Å². The molecule has 0 unspecified atom stereocenters. The van der Waals surface area contributed by atoms with E-state index in [0.717, 1.165) is 11.4 Å². The SMILES string of the molecule is N#Cc1ccc(Nc2nc(CCC(=O)O)cs2)cc1. The highest BCUT2D eigenvalue weighted by Gasteiger charge is 2.05. The fraction of sp³-hybridized carbons (Fsp3) is 0.154. The number of nitriles is 1. The summed E-state index contributed by atoms with van der Waals surface area (Å²) in [6, 6.07) is 9.10. The maximum Gasteiger partial charge on any atom is 0.303 e. The number of aryl methyl sites for hydroxylation is 1. The molecule has 0 saturated heterocycles. The van der Waals surface area contributed by atoms with E-state index in [4.69, 9.17) is 10.4 Å². The van der Waals surface area contributed by atoms with E-state index in [0.29, 0.717) is 17.1 Å². The van der Waals surface area contributed by atoms with Gasteiger partial charge in [0.05, 0.1) is 23.7 Å². The van der Waals surface area contributed by atoms with Gasteiger partial charge in [-0.2, -0.15) is 5.26 Å². The Bertz CT molecular complexity index is 614. The highest BCUT2D eigenvalue weighted by Crippen LogP contribution is 2.21. The molecule has 2 N–H and O–H groups in total. The number of nitrogens with zero attached hydrogens (tertiary/aromatic N) is 2. The van der Waals surface area contributed by atoms with E-state index in [1.165, 1.54) is 11.3 Å². The lowest BCUT2D eigenvalue weighted by Crippen LogP contribution is -1.98. The van der Waals surface area contributed by atoms with Crippen molar-refractivity contribution in [1.29, 1.82) is 5.26 Å². The van der Waals surface area contributed by atoms with Crippen LogP contribution in [0.1, 0.15) is 17.7 Å². The summed E-state index contributed by atoms with van der Waals surface area (Å²) in [5.74, 6) is -0.824. The summed E-state index contributed by atoms with van der Waals surface area (Å²) in [5, 5.41) is 23.0. The summed E-state index contributed by atoms with van der Waals surface area (Å²) >= 11 is 1.43. The molecule has 0 fully saturated rings. The number of aromatic nitrogens is 1. The molecule has 19 heavy (non-hydrogen) atoms. The molecule has 2 aromatic rings. The number of nitrogens with one attached hydrogen (secondary N) is 1. The summed E-state index contributed by atoms with van der Waals surface area (Å²) in [6.07, 6.45) is 0.515. The van der Waals surface area contributed by atoms with E-state index >= 15 is 0 Å². The number of thiazole rings is 1. The van der Waals surface area contributed by atoms with Gasteiger partial charge in [0, 0.05) is 17.5 Å². The van der Waals surface area contributed by atoms with Crippen molar-refractivity contribution < 1.29 is 9.90 Å². The number of hydrogen-bond donors (Lipinski definition) is 2. The van der Waals surface area contributed by atoms with Gasteiger partial charge in [0.25, 0.3) is 0 Å². The van der Waals surface area contributed by atoms with Crippen molar-refractivity contribution in [1.82, 2.24) is 4.98 Å². The zero-order valence-corrected chi connectivity index (χ0v) is 10.8. The van der Waals surface area contributed by atoms with Gasteiger partial charge in [-0.25, -0.2) is 4.98 Å². The van der Waals surface area contributed by atoms with Crippen LogP contribution in [0.3, 0.4) is 0 Å². The topological polar surface area (TPSA) is 86.0 Å². The molecule has 0 amide bonds. The van der Waals surface area contributed by atoms with Gasteiger partial charge in [-0.1, -0.05) is 0 Å². The molecule has 96 valence electrons. The average molecular weight is 273 g/mol. The molecule has 0 radical (unpaired) electrons. The Morgan fingerprint density at radius 1 is 1.42 bits per heavy atom. The fourth-order valence-electron chi connectivity index (χ4n) is 1.47. The highest BCUT2D eigenvalue weighted by atomic mass is 32.1. The minimum Gasteiger partial charge on any atom is -0.481 e. The number of carboxylic acids is 1. The molecular formula is C13H11N3O2S. The Balaban J connectivity index is 1.99.